The normalized spacial score (nSPS) is 10.7. The van der Waals surface area contributed by atoms with Crippen LogP contribution >= 0.6 is 0 Å². The Morgan fingerprint density at radius 1 is 0.923 bits per heavy atom. The Balaban J connectivity index is 1.94. The highest BCUT2D eigenvalue weighted by Crippen LogP contribution is 2.04. The number of hydrogen-bond acceptors (Lipinski definition) is 3. The van der Waals surface area contributed by atoms with Gasteiger partial charge in [0, 0.05) is 11.8 Å². The zero-order chi connectivity index (χ0) is 18.8. The first-order valence-electron chi connectivity index (χ1n) is 8.17. The van der Waals surface area contributed by atoms with Crippen molar-refractivity contribution in [2.24, 2.45) is 5.10 Å². The van der Waals surface area contributed by atoms with Crippen LogP contribution in [-0.2, 0) is 4.79 Å². The largest absolute Gasteiger partial charge is 0.317 e. The highest BCUT2D eigenvalue weighted by molar-refractivity contribution is 6.03. The van der Waals surface area contributed by atoms with Crippen LogP contribution in [0.25, 0.3) is 6.08 Å². The fourth-order valence-corrected chi connectivity index (χ4v) is 2.10. The molecule has 26 heavy (non-hydrogen) atoms. The predicted octanol–water partition coefficient (Wildman–Crippen LogP) is 3.53. The molecule has 0 bridgehead atoms. The van der Waals surface area contributed by atoms with Crippen molar-refractivity contribution in [1.82, 2.24) is 10.7 Å². The summed E-state index contributed by atoms with van der Waals surface area (Å²) < 4.78 is 0. The van der Waals surface area contributed by atoms with E-state index in [0.29, 0.717) is 11.1 Å². The molecule has 0 unspecified atom stereocenters. The SMILES string of the molecule is CC(C)=C(NC(=O)c1ccccc1)C(=O)N/N=C\C=C\c1ccccc1. The summed E-state index contributed by atoms with van der Waals surface area (Å²) in [6.45, 7) is 3.50. The van der Waals surface area contributed by atoms with E-state index in [2.05, 4.69) is 15.8 Å². The quantitative estimate of drug-likeness (QED) is 0.477. The highest BCUT2D eigenvalue weighted by Gasteiger charge is 2.15. The molecule has 2 amide bonds. The fourth-order valence-electron chi connectivity index (χ4n) is 2.10. The van der Waals surface area contributed by atoms with Crippen molar-refractivity contribution in [2.45, 2.75) is 13.8 Å². The van der Waals surface area contributed by atoms with Gasteiger partial charge in [0.05, 0.1) is 0 Å². The molecule has 2 N–H and O–H groups in total. The minimum absolute atomic E-state index is 0.183. The van der Waals surface area contributed by atoms with Crippen molar-refractivity contribution in [3.05, 3.63) is 89.1 Å². The van der Waals surface area contributed by atoms with Crippen molar-refractivity contribution in [3.63, 3.8) is 0 Å². The van der Waals surface area contributed by atoms with Gasteiger partial charge in [-0.15, -0.1) is 0 Å². The second kappa shape index (κ2) is 9.74. The third-order valence-electron chi connectivity index (χ3n) is 3.42. The third-order valence-corrected chi connectivity index (χ3v) is 3.42. The predicted molar refractivity (Wildman–Crippen MR) is 104 cm³/mol. The molecule has 0 saturated carbocycles. The summed E-state index contributed by atoms with van der Waals surface area (Å²) in [6.07, 6.45) is 5.07. The Morgan fingerprint density at radius 2 is 1.54 bits per heavy atom. The van der Waals surface area contributed by atoms with E-state index in [1.807, 2.05) is 42.5 Å². The Hall–Kier alpha value is -3.47. The zero-order valence-corrected chi connectivity index (χ0v) is 14.8. The van der Waals surface area contributed by atoms with Gasteiger partial charge in [-0.3, -0.25) is 9.59 Å². The van der Waals surface area contributed by atoms with Crippen LogP contribution in [-0.4, -0.2) is 18.0 Å². The molecule has 0 fully saturated rings. The first-order valence-corrected chi connectivity index (χ1v) is 8.17. The number of hydrogen-bond donors (Lipinski definition) is 2. The summed E-state index contributed by atoms with van der Waals surface area (Å²) in [6, 6.07) is 18.5. The standard InChI is InChI=1S/C21H21N3O2/c1-16(2)19(23-20(25)18-13-7-4-8-14-18)21(26)24-22-15-9-12-17-10-5-3-6-11-17/h3-15H,1-2H3,(H,23,25)(H,24,26)/b12-9+,22-15-. The Labute approximate surface area is 153 Å². The lowest BCUT2D eigenvalue weighted by atomic mass is 10.2. The van der Waals surface area contributed by atoms with Gasteiger partial charge in [-0.1, -0.05) is 54.6 Å². The molecular weight excluding hydrogens is 326 g/mol. The molecule has 0 aromatic heterocycles. The van der Waals surface area contributed by atoms with Crippen LogP contribution in [0.5, 0.6) is 0 Å². The molecule has 0 aliphatic carbocycles. The molecule has 2 aromatic carbocycles. The summed E-state index contributed by atoms with van der Waals surface area (Å²) >= 11 is 0. The lowest BCUT2D eigenvalue weighted by molar-refractivity contribution is -0.117. The maximum atomic E-state index is 12.3. The van der Waals surface area contributed by atoms with Crippen LogP contribution in [0.2, 0.25) is 0 Å². The van der Waals surface area contributed by atoms with E-state index in [-0.39, 0.29) is 11.6 Å². The van der Waals surface area contributed by atoms with Gasteiger partial charge < -0.3 is 5.32 Å². The van der Waals surface area contributed by atoms with Gasteiger partial charge in [-0.2, -0.15) is 5.10 Å². The number of nitrogens with zero attached hydrogens (tertiary/aromatic N) is 1. The fraction of sp³-hybridized carbons (Fsp3) is 0.0952. The minimum Gasteiger partial charge on any atom is -0.317 e. The van der Waals surface area contributed by atoms with Gasteiger partial charge in [-0.05, 0) is 43.2 Å². The lowest BCUT2D eigenvalue weighted by Crippen LogP contribution is -2.33. The molecule has 0 aliphatic rings. The molecule has 5 heteroatoms. The molecular formula is C21H21N3O2. The van der Waals surface area contributed by atoms with Gasteiger partial charge in [0.15, 0.2) is 0 Å². The molecule has 0 saturated heterocycles. The summed E-state index contributed by atoms with van der Waals surface area (Å²) in [5.41, 5.74) is 4.79. The maximum absolute atomic E-state index is 12.3. The summed E-state index contributed by atoms with van der Waals surface area (Å²) in [5, 5.41) is 6.51. The van der Waals surface area contributed by atoms with E-state index in [1.54, 1.807) is 44.2 Å². The number of carbonyl (C=O) groups excluding carboxylic acids is 2. The lowest BCUT2D eigenvalue weighted by Gasteiger charge is -2.10. The number of hydrazone groups is 1. The summed E-state index contributed by atoms with van der Waals surface area (Å²) in [4.78, 5) is 24.5. The molecule has 0 spiro atoms. The van der Waals surface area contributed by atoms with Crippen LogP contribution in [0.1, 0.15) is 29.8 Å². The maximum Gasteiger partial charge on any atom is 0.287 e. The molecule has 0 radical (unpaired) electrons. The van der Waals surface area contributed by atoms with Crippen LogP contribution in [0.15, 0.2) is 83.1 Å². The monoisotopic (exact) mass is 347 g/mol. The first kappa shape index (κ1) is 18.9. The second-order valence-corrected chi connectivity index (χ2v) is 5.68. The summed E-state index contributed by atoms with van der Waals surface area (Å²) in [5.74, 6) is -0.816. The number of allylic oxidation sites excluding steroid dienone is 2. The van der Waals surface area contributed by atoms with Crippen molar-refractivity contribution >= 4 is 24.1 Å². The van der Waals surface area contributed by atoms with E-state index in [9.17, 15) is 9.59 Å². The third kappa shape index (κ3) is 5.87. The number of carbonyl (C=O) groups is 2. The average Bonchev–Trinajstić information content (AvgIpc) is 2.66. The first-order chi connectivity index (χ1) is 12.6. The van der Waals surface area contributed by atoms with E-state index in [1.165, 1.54) is 6.21 Å². The zero-order valence-electron chi connectivity index (χ0n) is 14.8. The van der Waals surface area contributed by atoms with Gasteiger partial charge in [0.1, 0.15) is 5.70 Å². The van der Waals surface area contributed by atoms with Gasteiger partial charge in [0.2, 0.25) is 0 Å². The van der Waals surface area contributed by atoms with Crippen molar-refractivity contribution in [2.75, 3.05) is 0 Å². The second-order valence-electron chi connectivity index (χ2n) is 5.68. The van der Waals surface area contributed by atoms with Gasteiger partial charge in [0.25, 0.3) is 11.8 Å². The molecule has 2 rings (SSSR count). The smallest absolute Gasteiger partial charge is 0.287 e. The molecule has 0 aliphatic heterocycles. The van der Waals surface area contributed by atoms with Crippen LogP contribution in [0, 0.1) is 0 Å². The topological polar surface area (TPSA) is 70.6 Å². The molecule has 0 heterocycles. The highest BCUT2D eigenvalue weighted by atomic mass is 16.2. The minimum atomic E-state index is -0.473. The van der Waals surface area contributed by atoms with E-state index in [0.717, 1.165) is 5.56 Å². The van der Waals surface area contributed by atoms with Crippen molar-refractivity contribution in [1.29, 1.82) is 0 Å². The van der Waals surface area contributed by atoms with Gasteiger partial charge in [-0.25, -0.2) is 5.43 Å². The Morgan fingerprint density at radius 3 is 2.15 bits per heavy atom. The summed E-state index contributed by atoms with van der Waals surface area (Å²) in [7, 11) is 0. The van der Waals surface area contributed by atoms with Crippen molar-refractivity contribution < 1.29 is 9.59 Å². The van der Waals surface area contributed by atoms with E-state index >= 15 is 0 Å². The van der Waals surface area contributed by atoms with Crippen LogP contribution in [0.4, 0.5) is 0 Å². The van der Waals surface area contributed by atoms with Crippen LogP contribution in [0.3, 0.4) is 0 Å². The Kier molecular flexibility index (Phi) is 7.06. The molecule has 132 valence electrons. The number of nitrogens with one attached hydrogen (secondary N) is 2. The van der Waals surface area contributed by atoms with E-state index < -0.39 is 5.91 Å². The molecule has 2 aromatic rings. The van der Waals surface area contributed by atoms with Gasteiger partial charge >= 0.3 is 0 Å². The Bertz CT molecular complexity index is 834. The molecule has 5 nitrogen and oxygen atoms in total. The number of amides is 2. The van der Waals surface area contributed by atoms with Crippen molar-refractivity contribution in [3.8, 4) is 0 Å². The molecule has 0 atom stereocenters. The van der Waals surface area contributed by atoms with Crippen LogP contribution < -0.4 is 10.7 Å². The van der Waals surface area contributed by atoms with E-state index in [4.69, 9.17) is 0 Å². The number of benzene rings is 2. The average molecular weight is 347 g/mol. The number of rotatable bonds is 6.